The zero-order valence-electron chi connectivity index (χ0n) is 6.82. The smallest absolute Gasteiger partial charge is 0.312 e. The number of hydrogen-bond acceptors (Lipinski definition) is 3. The molecule has 0 unspecified atom stereocenters. The van der Waals surface area contributed by atoms with Crippen molar-refractivity contribution in [3.8, 4) is 0 Å². The van der Waals surface area contributed by atoms with E-state index in [1.54, 1.807) is 0 Å². The molecule has 1 saturated heterocycles. The summed E-state index contributed by atoms with van der Waals surface area (Å²) in [4.78, 5) is 10.3. The first-order chi connectivity index (χ1) is 5.72. The van der Waals surface area contributed by atoms with Gasteiger partial charge in [-0.15, -0.1) is 0 Å². The topological polar surface area (TPSA) is 84.6 Å². The number of carbonyl (C=O) groups is 1. The summed E-state index contributed by atoms with van der Waals surface area (Å²) in [5.74, 6) is 0. The van der Waals surface area contributed by atoms with Gasteiger partial charge in [-0.05, 0) is 12.8 Å². The number of rotatable bonds is 3. The third-order valence-corrected chi connectivity index (χ3v) is 1.90. The Hall–Kier alpha value is -0.810. The average molecular weight is 174 g/mol. The third-order valence-electron chi connectivity index (χ3n) is 1.90. The van der Waals surface area contributed by atoms with Crippen molar-refractivity contribution >= 4 is 6.03 Å². The largest absolute Gasteiger partial charge is 0.394 e. The minimum Gasteiger partial charge on any atom is -0.394 e. The molecular weight excluding hydrogens is 160 g/mol. The van der Waals surface area contributed by atoms with Gasteiger partial charge in [-0.1, -0.05) is 0 Å². The first-order valence-corrected chi connectivity index (χ1v) is 4.02. The number of carbonyl (C=O) groups excluding carboxylic acids is 1. The fraction of sp³-hybridized carbons (Fsp3) is 0.857. The lowest BCUT2D eigenvalue weighted by Gasteiger charge is -2.11. The lowest BCUT2D eigenvalue weighted by Crippen LogP contribution is -2.36. The molecule has 5 nitrogen and oxygen atoms in total. The van der Waals surface area contributed by atoms with Gasteiger partial charge in [0.1, 0.15) is 0 Å². The van der Waals surface area contributed by atoms with E-state index in [2.05, 4.69) is 5.32 Å². The number of aliphatic hydroxyl groups is 1. The second-order valence-electron chi connectivity index (χ2n) is 2.89. The molecule has 5 heteroatoms. The highest BCUT2D eigenvalue weighted by Gasteiger charge is 2.24. The molecule has 70 valence electrons. The van der Waals surface area contributed by atoms with Crippen LogP contribution in [0.25, 0.3) is 0 Å². The summed E-state index contributed by atoms with van der Waals surface area (Å²) in [5.41, 5.74) is 4.88. The number of urea groups is 1. The summed E-state index contributed by atoms with van der Waals surface area (Å²) >= 11 is 0. The van der Waals surface area contributed by atoms with Gasteiger partial charge in [0, 0.05) is 6.54 Å². The summed E-state index contributed by atoms with van der Waals surface area (Å²) in [6.45, 7) is 0.485. The third kappa shape index (κ3) is 2.67. The van der Waals surface area contributed by atoms with E-state index in [9.17, 15) is 4.79 Å². The first kappa shape index (κ1) is 9.28. The molecule has 0 radical (unpaired) electrons. The number of nitrogens with one attached hydrogen (secondary N) is 1. The zero-order valence-corrected chi connectivity index (χ0v) is 6.82. The molecule has 0 aromatic heterocycles. The van der Waals surface area contributed by atoms with Gasteiger partial charge in [0.25, 0.3) is 0 Å². The van der Waals surface area contributed by atoms with Crippen LogP contribution in [0.15, 0.2) is 0 Å². The SMILES string of the molecule is NC(=O)NC[C@H]1CC[C@@H](CO)O1. The van der Waals surface area contributed by atoms with Crippen molar-refractivity contribution in [1.82, 2.24) is 5.32 Å². The van der Waals surface area contributed by atoms with Crippen LogP contribution in [0.5, 0.6) is 0 Å². The number of aliphatic hydroxyl groups excluding tert-OH is 1. The van der Waals surface area contributed by atoms with E-state index in [0.29, 0.717) is 6.54 Å². The Bertz CT molecular complexity index is 163. The number of nitrogens with two attached hydrogens (primary N) is 1. The Kier molecular flexibility index (Phi) is 3.31. The van der Waals surface area contributed by atoms with E-state index in [-0.39, 0.29) is 18.8 Å². The predicted octanol–water partition coefficient (Wildman–Crippen LogP) is -0.805. The van der Waals surface area contributed by atoms with Crippen molar-refractivity contribution in [3.05, 3.63) is 0 Å². The number of amides is 2. The van der Waals surface area contributed by atoms with Crippen LogP contribution in [0, 0.1) is 0 Å². The van der Waals surface area contributed by atoms with Gasteiger partial charge in [0.05, 0.1) is 18.8 Å². The fourth-order valence-electron chi connectivity index (χ4n) is 1.28. The summed E-state index contributed by atoms with van der Waals surface area (Å²) in [7, 11) is 0. The van der Waals surface area contributed by atoms with Crippen LogP contribution >= 0.6 is 0 Å². The number of hydrogen-bond donors (Lipinski definition) is 3. The van der Waals surface area contributed by atoms with Gasteiger partial charge < -0.3 is 20.9 Å². The van der Waals surface area contributed by atoms with Crippen LogP contribution in [0.1, 0.15) is 12.8 Å². The van der Waals surface area contributed by atoms with Crippen LogP contribution in [0.2, 0.25) is 0 Å². The molecule has 0 bridgehead atoms. The Morgan fingerprint density at radius 3 is 2.75 bits per heavy atom. The Labute approximate surface area is 70.9 Å². The maximum Gasteiger partial charge on any atom is 0.312 e. The van der Waals surface area contributed by atoms with Crippen molar-refractivity contribution in [1.29, 1.82) is 0 Å². The maximum atomic E-state index is 10.3. The Balaban J connectivity index is 2.15. The van der Waals surface area contributed by atoms with Crippen LogP contribution in [-0.4, -0.2) is 36.5 Å². The molecule has 2 amide bonds. The molecule has 1 aliphatic rings. The van der Waals surface area contributed by atoms with Gasteiger partial charge in [0.2, 0.25) is 0 Å². The van der Waals surface area contributed by atoms with Gasteiger partial charge in [-0.25, -0.2) is 4.79 Å². The van der Waals surface area contributed by atoms with Gasteiger partial charge in [-0.3, -0.25) is 0 Å². The van der Waals surface area contributed by atoms with Crippen molar-refractivity contribution in [2.75, 3.05) is 13.2 Å². The van der Waals surface area contributed by atoms with Crippen molar-refractivity contribution in [3.63, 3.8) is 0 Å². The van der Waals surface area contributed by atoms with Crippen LogP contribution in [0.3, 0.4) is 0 Å². The fourth-order valence-corrected chi connectivity index (χ4v) is 1.28. The van der Waals surface area contributed by atoms with Gasteiger partial charge in [0.15, 0.2) is 0 Å². The summed E-state index contributed by atoms with van der Waals surface area (Å²) < 4.78 is 5.34. The lowest BCUT2D eigenvalue weighted by molar-refractivity contribution is 0.0135. The summed E-state index contributed by atoms with van der Waals surface area (Å²) in [6.07, 6.45) is 1.66. The van der Waals surface area contributed by atoms with E-state index in [0.717, 1.165) is 12.8 Å². The van der Waals surface area contributed by atoms with E-state index < -0.39 is 6.03 Å². The molecular formula is C7H14N2O3. The second-order valence-corrected chi connectivity index (χ2v) is 2.89. The highest BCUT2D eigenvalue weighted by molar-refractivity contribution is 5.71. The molecule has 1 heterocycles. The average Bonchev–Trinajstić information content (AvgIpc) is 2.48. The molecule has 0 aliphatic carbocycles. The molecule has 0 spiro atoms. The molecule has 0 aromatic carbocycles. The van der Waals surface area contributed by atoms with Crippen LogP contribution < -0.4 is 11.1 Å². The highest BCUT2D eigenvalue weighted by atomic mass is 16.5. The highest BCUT2D eigenvalue weighted by Crippen LogP contribution is 2.18. The molecule has 1 aliphatic heterocycles. The maximum absolute atomic E-state index is 10.3. The molecule has 1 rings (SSSR count). The molecule has 12 heavy (non-hydrogen) atoms. The summed E-state index contributed by atoms with van der Waals surface area (Å²) in [6, 6.07) is -0.536. The molecule has 0 saturated carbocycles. The van der Waals surface area contributed by atoms with Crippen molar-refractivity contribution in [2.45, 2.75) is 25.0 Å². The molecule has 0 aromatic rings. The normalized spacial score (nSPS) is 28.8. The lowest BCUT2D eigenvalue weighted by atomic mass is 10.2. The van der Waals surface area contributed by atoms with Crippen LogP contribution in [-0.2, 0) is 4.74 Å². The number of primary amides is 1. The van der Waals surface area contributed by atoms with E-state index in [1.165, 1.54) is 0 Å². The molecule has 1 fully saturated rings. The molecule has 2 atom stereocenters. The summed E-state index contributed by atoms with van der Waals surface area (Å²) in [5, 5.41) is 11.2. The van der Waals surface area contributed by atoms with E-state index in [4.69, 9.17) is 15.6 Å². The Morgan fingerprint density at radius 1 is 1.58 bits per heavy atom. The van der Waals surface area contributed by atoms with E-state index >= 15 is 0 Å². The standard InChI is InChI=1S/C7H14N2O3/c8-7(11)9-3-5-1-2-6(4-10)12-5/h5-6,10H,1-4H2,(H3,8,9,11)/t5-,6+/m1/s1. The minimum atomic E-state index is -0.536. The Morgan fingerprint density at radius 2 is 2.25 bits per heavy atom. The van der Waals surface area contributed by atoms with Crippen molar-refractivity contribution < 1.29 is 14.6 Å². The second kappa shape index (κ2) is 4.27. The zero-order chi connectivity index (χ0) is 8.97. The first-order valence-electron chi connectivity index (χ1n) is 4.02. The quantitative estimate of drug-likeness (QED) is 0.523. The molecule has 4 N–H and O–H groups in total. The monoisotopic (exact) mass is 174 g/mol. The predicted molar refractivity (Wildman–Crippen MR) is 42.6 cm³/mol. The van der Waals surface area contributed by atoms with Gasteiger partial charge in [-0.2, -0.15) is 0 Å². The number of ether oxygens (including phenoxy) is 1. The van der Waals surface area contributed by atoms with E-state index in [1.807, 2.05) is 0 Å². The van der Waals surface area contributed by atoms with Crippen molar-refractivity contribution in [2.24, 2.45) is 5.73 Å². The van der Waals surface area contributed by atoms with Gasteiger partial charge >= 0.3 is 6.03 Å². The minimum absolute atomic E-state index is 0.00894. The van der Waals surface area contributed by atoms with Crippen LogP contribution in [0.4, 0.5) is 4.79 Å².